The Morgan fingerprint density at radius 3 is 2.43 bits per heavy atom. The Morgan fingerprint density at radius 1 is 0.893 bits per heavy atom. The maximum atomic E-state index is 2.59. The van der Waals surface area contributed by atoms with Crippen LogP contribution in [0.15, 0.2) is 78.9 Å². The second-order valence-electron chi connectivity index (χ2n) is 7.99. The second kappa shape index (κ2) is 8.58. The maximum absolute atomic E-state index is 2.59. The number of rotatable bonds is 4. The van der Waals surface area contributed by atoms with E-state index in [0.29, 0.717) is 5.92 Å². The SMILES string of the molecule is Cc1ccc(/C=C/CN2CCc3ccc(C)cc3C(c3ccccc3)C2)cc1. The third kappa shape index (κ3) is 4.43. The lowest BCUT2D eigenvalue weighted by molar-refractivity contribution is 0.306. The molecule has 0 bridgehead atoms. The number of nitrogens with zero attached hydrogens (tertiary/aromatic N) is 1. The quantitative estimate of drug-likeness (QED) is 0.546. The van der Waals surface area contributed by atoms with E-state index in [1.54, 1.807) is 0 Å². The first-order valence-electron chi connectivity index (χ1n) is 10.3. The molecule has 142 valence electrons. The first-order valence-corrected chi connectivity index (χ1v) is 10.3. The summed E-state index contributed by atoms with van der Waals surface area (Å²) in [7, 11) is 0. The lowest BCUT2D eigenvalue weighted by atomic mass is 9.87. The molecule has 0 aromatic heterocycles. The fourth-order valence-electron chi connectivity index (χ4n) is 4.14. The van der Waals surface area contributed by atoms with Crippen molar-refractivity contribution in [3.8, 4) is 0 Å². The van der Waals surface area contributed by atoms with Crippen LogP contribution in [0, 0.1) is 13.8 Å². The van der Waals surface area contributed by atoms with E-state index in [0.717, 1.165) is 26.1 Å². The van der Waals surface area contributed by atoms with Crippen molar-refractivity contribution < 1.29 is 0 Å². The van der Waals surface area contributed by atoms with E-state index in [1.807, 2.05) is 0 Å². The van der Waals surface area contributed by atoms with Crippen molar-refractivity contribution in [1.29, 1.82) is 0 Å². The molecule has 1 aliphatic rings. The molecule has 1 unspecified atom stereocenters. The van der Waals surface area contributed by atoms with Gasteiger partial charge >= 0.3 is 0 Å². The molecule has 1 aliphatic heterocycles. The van der Waals surface area contributed by atoms with Crippen molar-refractivity contribution in [1.82, 2.24) is 4.90 Å². The van der Waals surface area contributed by atoms with Crippen molar-refractivity contribution in [3.05, 3.63) is 112 Å². The average molecular weight is 368 g/mol. The van der Waals surface area contributed by atoms with Gasteiger partial charge in [0.05, 0.1) is 0 Å². The molecule has 4 rings (SSSR count). The summed E-state index contributed by atoms with van der Waals surface area (Å²) in [5, 5.41) is 0. The van der Waals surface area contributed by atoms with E-state index in [-0.39, 0.29) is 0 Å². The zero-order chi connectivity index (χ0) is 19.3. The van der Waals surface area contributed by atoms with Crippen molar-refractivity contribution in [3.63, 3.8) is 0 Å². The second-order valence-corrected chi connectivity index (χ2v) is 7.99. The summed E-state index contributed by atoms with van der Waals surface area (Å²) in [6, 6.07) is 26.7. The van der Waals surface area contributed by atoms with Gasteiger partial charge in [-0.1, -0.05) is 96.1 Å². The molecule has 0 amide bonds. The Bertz CT molecular complexity index is 938. The summed E-state index contributed by atoms with van der Waals surface area (Å²) < 4.78 is 0. The van der Waals surface area contributed by atoms with Gasteiger partial charge in [0.15, 0.2) is 0 Å². The highest BCUT2D eigenvalue weighted by Crippen LogP contribution is 2.32. The van der Waals surface area contributed by atoms with E-state index in [2.05, 4.69) is 104 Å². The molecule has 1 heteroatoms. The molecule has 28 heavy (non-hydrogen) atoms. The minimum absolute atomic E-state index is 0.436. The minimum Gasteiger partial charge on any atom is -0.298 e. The lowest BCUT2D eigenvalue weighted by Crippen LogP contribution is -2.29. The van der Waals surface area contributed by atoms with Crippen LogP contribution in [0.1, 0.15) is 39.3 Å². The van der Waals surface area contributed by atoms with Crippen LogP contribution >= 0.6 is 0 Å². The van der Waals surface area contributed by atoms with Crippen LogP contribution in [0.2, 0.25) is 0 Å². The van der Waals surface area contributed by atoms with Gasteiger partial charge in [-0.15, -0.1) is 0 Å². The fraction of sp³-hybridized carbons (Fsp3) is 0.259. The average Bonchev–Trinajstić information content (AvgIpc) is 2.90. The highest BCUT2D eigenvalue weighted by atomic mass is 15.1. The Hall–Kier alpha value is -2.64. The largest absolute Gasteiger partial charge is 0.298 e. The van der Waals surface area contributed by atoms with Crippen molar-refractivity contribution in [2.24, 2.45) is 0 Å². The van der Waals surface area contributed by atoms with E-state index in [1.165, 1.54) is 33.4 Å². The maximum Gasteiger partial charge on any atom is 0.0220 e. The number of aryl methyl sites for hydroxylation is 2. The Balaban J connectivity index is 1.55. The molecule has 3 aromatic carbocycles. The van der Waals surface area contributed by atoms with Crippen LogP contribution < -0.4 is 0 Å². The molecule has 1 nitrogen and oxygen atoms in total. The number of fused-ring (bicyclic) bond motifs is 1. The summed E-state index contributed by atoms with van der Waals surface area (Å²) in [5.74, 6) is 0.436. The Morgan fingerprint density at radius 2 is 1.64 bits per heavy atom. The summed E-state index contributed by atoms with van der Waals surface area (Å²) in [6.45, 7) is 7.50. The number of hydrogen-bond acceptors (Lipinski definition) is 1. The number of benzene rings is 3. The molecule has 3 aromatic rings. The van der Waals surface area contributed by atoms with Gasteiger partial charge in [-0.2, -0.15) is 0 Å². The van der Waals surface area contributed by atoms with E-state index in [4.69, 9.17) is 0 Å². The van der Waals surface area contributed by atoms with E-state index in [9.17, 15) is 0 Å². The highest BCUT2D eigenvalue weighted by molar-refractivity contribution is 5.50. The molecule has 0 aliphatic carbocycles. The third-order valence-corrected chi connectivity index (χ3v) is 5.77. The third-order valence-electron chi connectivity index (χ3n) is 5.77. The molecule has 0 radical (unpaired) electrons. The molecular weight excluding hydrogens is 338 g/mol. The monoisotopic (exact) mass is 367 g/mol. The summed E-state index contributed by atoms with van der Waals surface area (Å²) in [6.07, 6.45) is 5.68. The van der Waals surface area contributed by atoms with Crippen LogP contribution in [0.4, 0.5) is 0 Å². The van der Waals surface area contributed by atoms with Gasteiger partial charge in [-0.25, -0.2) is 0 Å². The predicted molar refractivity (Wildman–Crippen MR) is 120 cm³/mol. The lowest BCUT2D eigenvalue weighted by Gasteiger charge is -2.24. The van der Waals surface area contributed by atoms with Gasteiger partial charge in [-0.05, 0) is 42.5 Å². The molecule has 0 spiro atoms. The molecule has 1 atom stereocenters. The van der Waals surface area contributed by atoms with Crippen LogP contribution in [0.5, 0.6) is 0 Å². The first-order chi connectivity index (χ1) is 13.7. The standard InChI is InChI=1S/C27H29N/c1-21-10-13-23(14-11-21)7-6-17-28-18-16-25-15-12-22(2)19-26(25)27(20-28)24-8-4-3-5-9-24/h3-15,19,27H,16-18,20H2,1-2H3/b7-6+. The summed E-state index contributed by atoms with van der Waals surface area (Å²) in [5.41, 5.74) is 8.37. The topological polar surface area (TPSA) is 3.24 Å². The van der Waals surface area contributed by atoms with Gasteiger partial charge in [-0.3, -0.25) is 4.90 Å². The van der Waals surface area contributed by atoms with Crippen LogP contribution in [-0.2, 0) is 6.42 Å². The zero-order valence-electron chi connectivity index (χ0n) is 16.9. The molecule has 0 saturated heterocycles. The molecule has 1 heterocycles. The van der Waals surface area contributed by atoms with E-state index < -0.39 is 0 Å². The van der Waals surface area contributed by atoms with Crippen LogP contribution in [-0.4, -0.2) is 24.5 Å². The minimum atomic E-state index is 0.436. The summed E-state index contributed by atoms with van der Waals surface area (Å²) in [4.78, 5) is 2.59. The van der Waals surface area contributed by atoms with Crippen molar-refractivity contribution in [2.75, 3.05) is 19.6 Å². The van der Waals surface area contributed by atoms with Crippen molar-refractivity contribution >= 4 is 6.08 Å². The normalized spacial score (nSPS) is 17.4. The predicted octanol–water partition coefficient (Wildman–Crippen LogP) is 6.01. The molecule has 0 fully saturated rings. The fourth-order valence-corrected chi connectivity index (χ4v) is 4.14. The van der Waals surface area contributed by atoms with Crippen LogP contribution in [0.3, 0.4) is 0 Å². The van der Waals surface area contributed by atoms with Crippen LogP contribution in [0.25, 0.3) is 6.08 Å². The zero-order valence-corrected chi connectivity index (χ0v) is 16.9. The van der Waals surface area contributed by atoms with Crippen molar-refractivity contribution in [2.45, 2.75) is 26.2 Å². The smallest absolute Gasteiger partial charge is 0.0220 e. The molecule has 0 saturated carbocycles. The Labute approximate surface area is 169 Å². The van der Waals surface area contributed by atoms with Gasteiger partial charge in [0.25, 0.3) is 0 Å². The molecular formula is C27H29N. The first kappa shape index (κ1) is 18.7. The summed E-state index contributed by atoms with van der Waals surface area (Å²) >= 11 is 0. The molecule has 0 N–H and O–H groups in total. The van der Waals surface area contributed by atoms with Gasteiger partial charge < -0.3 is 0 Å². The van der Waals surface area contributed by atoms with Gasteiger partial charge in [0.1, 0.15) is 0 Å². The van der Waals surface area contributed by atoms with Gasteiger partial charge in [0, 0.05) is 25.6 Å². The van der Waals surface area contributed by atoms with Gasteiger partial charge in [0.2, 0.25) is 0 Å². The van der Waals surface area contributed by atoms with E-state index >= 15 is 0 Å². The highest BCUT2D eigenvalue weighted by Gasteiger charge is 2.24. The Kier molecular flexibility index (Phi) is 5.73. The number of hydrogen-bond donors (Lipinski definition) is 0.